The summed E-state index contributed by atoms with van der Waals surface area (Å²) in [6, 6.07) is 6.79. The number of aliphatic carboxylic acids is 1. The zero-order valence-electron chi connectivity index (χ0n) is 14.0. The van der Waals surface area contributed by atoms with Crippen LogP contribution in [-0.2, 0) is 16.1 Å². The van der Waals surface area contributed by atoms with E-state index in [1.165, 1.54) is 4.57 Å². The van der Waals surface area contributed by atoms with Crippen molar-refractivity contribution >= 4 is 22.9 Å². The summed E-state index contributed by atoms with van der Waals surface area (Å²) in [5, 5.41) is 12.3. The third-order valence-corrected chi connectivity index (χ3v) is 4.91. The molecule has 0 bridgehead atoms. The van der Waals surface area contributed by atoms with Gasteiger partial charge in [0.25, 0.3) is 0 Å². The fraction of sp³-hybridized carbons (Fsp3) is 0.500. The second kappa shape index (κ2) is 7.55. The van der Waals surface area contributed by atoms with E-state index in [0.717, 1.165) is 25.7 Å². The van der Waals surface area contributed by atoms with Gasteiger partial charge in [0.1, 0.15) is 6.54 Å². The summed E-state index contributed by atoms with van der Waals surface area (Å²) < 4.78 is 1.38. The number of rotatable bonds is 4. The standard InChI is InChI=1S/C18H23N3O4/c22-16(11-21-15-10-6-5-9-14(15)20-18(21)25)19-13-8-4-2-1-3-7-12(13)17(23)24/h5-6,9-10,12-13H,1-4,7-8,11H2,(H,19,22)(H,20,25)(H,23,24). The number of carboxylic acid groups (broad SMARTS) is 1. The highest BCUT2D eigenvalue weighted by Crippen LogP contribution is 2.23. The molecule has 1 fully saturated rings. The van der Waals surface area contributed by atoms with E-state index in [0.29, 0.717) is 23.9 Å². The number of nitrogens with zero attached hydrogens (tertiary/aromatic N) is 1. The van der Waals surface area contributed by atoms with Crippen LogP contribution in [0.2, 0.25) is 0 Å². The molecule has 25 heavy (non-hydrogen) atoms. The molecule has 1 amide bonds. The predicted octanol–water partition coefficient (Wildman–Crippen LogP) is 1.87. The van der Waals surface area contributed by atoms with Gasteiger partial charge in [-0.3, -0.25) is 14.2 Å². The number of imidazole rings is 1. The van der Waals surface area contributed by atoms with Crippen LogP contribution in [-0.4, -0.2) is 32.6 Å². The molecule has 2 unspecified atom stereocenters. The van der Waals surface area contributed by atoms with Gasteiger partial charge in [-0.2, -0.15) is 0 Å². The van der Waals surface area contributed by atoms with Crippen LogP contribution in [0.1, 0.15) is 38.5 Å². The number of H-pyrrole nitrogens is 1. The molecule has 0 saturated heterocycles. The summed E-state index contributed by atoms with van der Waals surface area (Å²) >= 11 is 0. The van der Waals surface area contributed by atoms with E-state index in [1.807, 2.05) is 6.07 Å². The summed E-state index contributed by atoms with van der Waals surface area (Å²) in [6.45, 7) is -0.119. The molecule has 0 radical (unpaired) electrons. The minimum absolute atomic E-state index is 0.119. The number of carbonyl (C=O) groups is 2. The molecule has 1 heterocycles. The van der Waals surface area contributed by atoms with Crippen molar-refractivity contribution in [2.45, 2.75) is 51.1 Å². The Kier molecular flexibility index (Phi) is 5.21. The molecule has 2 atom stereocenters. The van der Waals surface area contributed by atoms with Crippen molar-refractivity contribution < 1.29 is 14.7 Å². The fourth-order valence-corrected chi connectivity index (χ4v) is 3.61. The van der Waals surface area contributed by atoms with E-state index in [-0.39, 0.29) is 24.2 Å². The van der Waals surface area contributed by atoms with Crippen LogP contribution in [0.3, 0.4) is 0 Å². The third kappa shape index (κ3) is 3.92. The number of amides is 1. The number of hydrogen-bond donors (Lipinski definition) is 3. The van der Waals surface area contributed by atoms with Crippen molar-refractivity contribution in [3.05, 3.63) is 34.7 Å². The number of aromatic amines is 1. The second-order valence-electron chi connectivity index (χ2n) is 6.64. The lowest BCUT2D eigenvalue weighted by molar-refractivity contribution is -0.143. The van der Waals surface area contributed by atoms with E-state index in [2.05, 4.69) is 10.3 Å². The monoisotopic (exact) mass is 345 g/mol. The SMILES string of the molecule is O=C(Cn1c(=O)[nH]c2ccccc21)NC1CCCCCCC1C(=O)O. The van der Waals surface area contributed by atoms with Gasteiger partial charge in [-0.25, -0.2) is 4.79 Å². The van der Waals surface area contributed by atoms with Crippen LogP contribution in [0, 0.1) is 5.92 Å². The highest BCUT2D eigenvalue weighted by atomic mass is 16.4. The number of carboxylic acids is 1. The molecule has 1 aromatic carbocycles. The Morgan fingerprint density at radius 3 is 2.64 bits per heavy atom. The van der Waals surface area contributed by atoms with Crippen LogP contribution in [0.4, 0.5) is 0 Å². The van der Waals surface area contributed by atoms with Crippen molar-refractivity contribution in [1.82, 2.24) is 14.9 Å². The molecule has 1 aliphatic carbocycles. The molecule has 134 valence electrons. The molecule has 0 aliphatic heterocycles. The Bertz CT molecular complexity index is 823. The van der Waals surface area contributed by atoms with Crippen molar-refractivity contribution in [3.8, 4) is 0 Å². The van der Waals surface area contributed by atoms with E-state index >= 15 is 0 Å². The Labute approximate surface area is 145 Å². The Morgan fingerprint density at radius 1 is 1.16 bits per heavy atom. The normalized spacial score (nSPS) is 21.4. The lowest BCUT2D eigenvalue weighted by Crippen LogP contribution is -2.45. The van der Waals surface area contributed by atoms with Crippen molar-refractivity contribution in [1.29, 1.82) is 0 Å². The summed E-state index contributed by atoms with van der Waals surface area (Å²) in [7, 11) is 0. The molecular formula is C18H23N3O4. The first kappa shape index (κ1) is 17.3. The number of carbonyl (C=O) groups excluding carboxylic acids is 1. The Balaban J connectivity index is 1.74. The maximum atomic E-state index is 12.5. The van der Waals surface area contributed by atoms with Gasteiger partial charge in [-0.1, -0.05) is 37.8 Å². The van der Waals surface area contributed by atoms with Crippen molar-refractivity contribution in [2.24, 2.45) is 5.92 Å². The second-order valence-corrected chi connectivity index (χ2v) is 6.64. The summed E-state index contributed by atoms with van der Waals surface area (Å²) in [6.07, 6.45) is 5.10. The maximum Gasteiger partial charge on any atom is 0.326 e. The first-order valence-corrected chi connectivity index (χ1v) is 8.76. The van der Waals surface area contributed by atoms with Gasteiger partial charge >= 0.3 is 11.7 Å². The number of hydrogen-bond acceptors (Lipinski definition) is 3. The predicted molar refractivity (Wildman–Crippen MR) is 93.3 cm³/mol. The number of para-hydroxylation sites is 2. The van der Waals surface area contributed by atoms with Gasteiger partial charge in [0.15, 0.2) is 0 Å². The van der Waals surface area contributed by atoms with Crippen LogP contribution in [0.15, 0.2) is 29.1 Å². The topological polar surface area (TPSA) is 104 Å². The molecule has 1 saturated carbocycles. The smallest absolute Gasteiger partial charge is 0.326 e. The van der Waals surface area contributed by atoms with Crippen LogP contribution >= 0.6 is 0 Å². The minimum atomic E-state index is -0.864. The van der Waals surface area contributed by atoms with Crippen LogP contribution < -0.4 is 11.0 Å². The van der Waals surface area contributed by atoms with Crippen molar-refractivity contribution in [2.75, 3.05) is 0 Å². The van der Waals surface area contributed by atoms with Gasteiger partial charge in [0.05, 0.1) is 17.0 Å². The van der Waals surface area contributed by atoms with Gasteiger partial charge in [-0.05, 0) is 25.0 Å². The Hall–Kier alpha value is -2.57. The number of fused-ring (bicyclic) bond motifs is 1. The minimum Gasteiger partial charge on any atom is -0.481 e. The first-order valence-electron chi connectivity index (χ1n) is 8.76. The highest BCUT2D eigenvalue weighted by Gasteiger charge is 2.30. The summed E-state index contributed by atoms with van der Waals surface area (Å²) in [5.74, 6) is -1.76. The van der Waals surface area contributed by atoms with Gasteiger partial charge < -0.3 is 15.4 Å². The number of nitrogens with one attached hydrogen (secondary N) is 2. The fourth-order valence-electron chi connectivity index (χ4n) is 3.61. The highest BCUT2D eigenvalue weighted by molar-refractivity contribution is 5.81. The zero-order chi connectivity index (χ0) is 17.8. The lowest BCUT2D eigenvalue weighted by atomic mass is 9.87. The van der Waals surface area contributed by atoms with Gasteiger partial charge in [0, 0.05) is 6.04 Å². The molecular weight excluding hydrogens is 322 g/mol. The Morgan fingerprint density at radius 2 is 1.88 bits per heavy atom. The molecule has 1 aromatic heterocycles. The lowest BCUT2D eigenvalue weighted by Gasteiger charge is -2.27. The maximum absolute atomic E-state index is 12.5. The summed E-state index contributed by atoms with van der Waals surface area (Å²) in [4.78, 5) is 38.8. The number of benzene rings is 1. The number of aromatic nitrogens is 2. The molecule has 7 heteroatoms. The quantitative estimate of drug-likeness (QED) is 0.787. The summed E-state index contributed by atoms with van der Waals surface area (Å²) in [5.41, 5.74) is 0.994. The molecule has 7 nitrogen and oxygen atoms in total. The van der Waals surface area contributed by atoms with E-state index in [1.54, 1.807) is 18.2 Å². The molecule has 3 N–H and O–H groups in total. The molecule has 3 rings (SSSR count). The molecule has 2 aromatic rings. The zero-order valence-corrected chi connectivity index (χ0v) is 14.0. The average molecular weight is 345 g/mol. The molecule has 1 aliphatic rings. The van der Waals surface area contributed by atoms with Crippen molar-refractivity contribution in [3.63, 3.8) is 0 Å². The van der Waals surface area contributed by atoms with Crippen LogP contribution in [0.5, 0.6) is 0 Å². The first-order chi connectivity index (χ1) is 12.1. The van der Waals surface area contributed by atoms with E-state index in [9.17, 15) is 19.5 Å². The largest absolute Gasteiger partial charge is 0.481 e. The molecule has 0 spiro atoms. The van der Waals surface area contributed by atoms with E-state index < -0.39 is 11.9 Å². The van der Waals surface area contributed by atoms with Gasteiger partial charge in [-0.15, -0.1) is 0 Å². The third-order valence-electron chi connectivity index (χ3n) is 4.91. The van der Waals surface area contributed by atoms with Gasteiger partial charge in [0.2, 0.25) is 5.91 Å². The van der Waals surface area contributed by atoms with Crippen LogP contribution in [0.25, 0.3) is 11.0 Å². The average Bonchev–Trinajstić information content (AvgIpc) is 2.86. The van der Waals surface area contributed by atoms with E-state index in [4.69, 9.17) is 0 Å².